The molecule has 2 aliphatic rings. The van der Waals surface area contributed by atoms with Gasteiger partial charge in [0.1, 0.15) is 0 Å². The van der Waals surface area contributed by atoms with Crippen molar-refractivity contribution in [3.05, 3.63) is 0 Å². The molecule has 0 radical (unpaired) electrons. The van der Waals surface area contributed by atoms with Crippen molar-refractivity contribution in [3.63, 3.8) is 0 Å². The van der Waals surface area contributed by atoms with Crippen molar-refractivity contribution in [1.29, 1.82) is 0 Å². The Morgan fingerprint density at radius 2 is 2.06 bits per heavy atom. The van der Waals surface area contributed by atoms with Crippen LogP contribution in [0.3, 0.4) is 0 Å². The summed E-state index contributed by atoms with van der Waals surface area (Å²) in [5.41, 5.74) is -0.471. The number of ether oxygens (including phenoxy) is 2. The normalized spacial score (nSPS) is 37.5. The summed E-state index contributed by atoms with van der Waals surface area (Å²) in [6.07, 6.45) is 7.39. The smallest absolute Gasteiger partial charge is 0.0675 e. The number of hydrogen-bond donors (Lipinski definition) is 1. The van der Waals surface area contributed by atoms with Gasteiger partial charge in [-0.25, -0.2) is 0 Å². The summed E-state index contributed by atoms with van der Waals surface area (Å²) in [6.45, 7) is 1.74. The van der Waals surface area contributed by atoms with Gasteiger partial charge in [0.05, 0.1) is 11.7 Å². The van der Waals surface area contributed by atoms with Crippen LogP contribution < -0.4 is 0 Å². The summed E-state index contributed by atoms with van der Waals surface area (Å²) < 4.78 is 10.7. The van der Waals surface area contributed by atoms with Crippen molar-refractivity contribution >= 4 is 0 Å². The van der Waals surface area contributed by atoms with Crippen molar-refractivity contribution < 1.29 is 14.6 Å². The molecule has 0 amide bonds. The maximum Gasteiger partial charge on any atom is 0.0675 e. The molecule has 1 aliphatic carbocycles. The largest absolute Gasteiger partial charge is 0.390 e. The lowest BCUT2D eigenvalue weighted by atomic mass is 9.76. The van der Waals surface area contributed by atoms with E-state index in [9.17, 15) is 5.11 Å². The van der Waals surface area contributed by atoms with E-state index in [-0.39, 0.29) is 6.10 Å². The van der Waals surface area contributed by atoms with Gasteiger partial charge in [-0.05, 0) is 44.4 Å². The lowest BCUT2D eigenvalue weighted by Gasteiger charge is -2.39. The zero-order valence-corrected chi connectivity index (χ0v) is 10.3. The molecular formula is C13H24O3. The topological polar surface area (TPSA) is 38.7 Å². The third-order valence-electron chi connectivity index (χ3n) is 4.12. The van der Waals surface area contributed by atoms with Crippen LogP contribution >= 0.6 is 0 Å². The minimum Gasteiger partial charge on any atom is -0.390 e. The Morgan fingerprint density at radius 3 is 2.75 bits per heavy atom. The van der Waals surface area contributed by atoms with Crippen molar-refractivity contribution in [2.24, 2.45) is 5.92 Å². The highest BCUT2D eigenvalue weighted by molar-refractivity contribution is 4.89. The van der Waals surface area contributed by atoms with Crippen LogP contribution in [0.2, 0.25) is 0 Å². The lowest BCUT2D eigenvalue weighted by Crippen LogP contribution is -2.40. The molecule has 0 aromatic carbocycles. The van der Waals surface area contributed by atoms with E-state index in [1.165, 1.54) is 0 Å². The van der Waals surface area contributed by atoms with Crippen LogP contribution in [0.1, 0.15) is 44.9 Å². The van der Waals surface area contributed by atoms with Crippen LogP contribution in [0, 0.1) is 5.92 Å². The second kappa shape index (κ2) is 5.48. The Balaban J connectivity index is 1.85. The SMILES string of the molecule is COC1CCCC(O)(CC2CCOCC2)C1. The van der Waals surface area contributed by atoms with Gasteiger partial charge in [-0.1, -0.05) is 0 Å². The fourth-order valence-corrected chi connectivity index (χ4v) is 3.16. The molecule has 3 nitrogen and oxygen atoms in total. The van der Waals surface area contributed by atoms with E-state index < -0.39 is 5.60 Å². The number of aliphatic hydroxyl groups is 1. The van der Waals surface area contributed by atoms with E-state index in [1.807, 2.05) is 0 Å². The van der Waals surface area contributed by atoms with Crippen molar-refractivity contribution in [2.75, 3.05) is 20.3 Å². The third kappa shape index (κ3) is 3.19. The lowest BCUT2D eigenvalue weighted by molar-refractivity contribution is -0.0793. The highest BCUT2D eigenvalue weighted by Gasteiger charge is 2.36. The van der Waals surface area contributed by atoms with Crippen LogP contribution in [-0.2, 0) is 9.47 Å². The van der Waals surface area contributed by atoms with Crippen LogP contribution in [0.15, 0.2) is 0 Å². The van der Waals surface area contributed by atoms with Gasteiger partial charge in [-0.15, -0.1) is 0 Å². The maximum atomic E-state index is 10.6. The fraction of sp³-hybridized carbons (Fsp3) is 1.00. The first kappa shape index (κ1) is 12.3. The molecule has 0 bridgehead atoms. The molecule has 1 heterocycles. The predicted octanol–water partition coefficient (Wildman–Crippen LogP) is 2.12. The Labute approximate surface area is 98.1 Å². The van der Waals surface area contributed by atoms with Crippen molar-refractivity contribution in [3.8, 4) is 0 Å². The summed E-state index contributed by atoms with van der Waals surface area (Å²) in [5, 5.41) is 10.6. The first-order valence-electron chi connectivity index (χ1n) is 6.55. The van der Waals surface area contributed by atoms with Crippen LogP contribution in [-0.4, -0.2) is 37.1 Å². The minimum absolute atomic E-state index is 0.263. The van der Waals surface area contributed by atoms with Gasteiger partial charge in [0.15, 0.2) is 0 Å². The molecule has 0 spiro atoms. The average molecular weight is 228 g/mol. The molecule has 3 heteroatoms. The van der Waals surface area contributed by atoms with E-state index in [0.29, 0.717) is 5.92 Å². The Morgan fingerprint density at radius 1 is 1.31 bits per heavy atom. The van der Waals surface area contributed by atoms with Crippen molar-refractivity contribution in [1.82, 2.24) is 0 Å². The quantitative estimate of drug-likeness (QED) is 0.804. The standard InChI is InChI=1S/C13H24O3/c1-15-12-3-2-6-13(14,10-12)9-11-4-7-16-8-5-11/h11-12,14H,2-10H2,1H3. The molecule has 94 valence electrons. The average Bonchev–Trinajstić information content (AvgIpc) is 2.29. The summed E-state index contributed by atoms with van der Waals surface area (Å²) in [4.78, 5) is 0. The van der Waals surface area contributed by atoms with Gasteiger partial charge in [-0.2, -0.15) is 0 Å². The zero-order chi connectivity index (χ0) is 11.4. The van der Waals surface area contributed by atoms with Gasteiger partial charge in [-0.3, -0.25) is 0 Å². The molecule has 2 rings (SSSR count). The molecule has 1 N–H and O–H groups in total. The summed E-state index contributed by atoms with van der Waals surface area (Å²) in [5.74, 6) is 0.648. The minimum atomic E-state index is -0.471. The molecule has 0 aromatic heterocycles. The number of rotatable bonds is 3. The molecular weight excluding hydrogens is 204 g/mol. The van der Waals surface area contributed by atoms with Gasteiger partial charge < -0.3 is 14.6 Å². The number of methoxy groups -OCH3 is 1. The van der Waals surface area contributed by atoms with E-state index in [4.69, 9.17) is 9.47 Å². The first-order chi connectivity index (χ1) is 7.72. The summed E-state index contributed by atoms with van der Waals surface area (Å²) in [6, 6.07) is 0. The second-order valence-corrected chi connectivity index (χ2v) is 5.44. The fourth-order valence-electron chi connectivity index (χ4n) is 3.16. The van der Waals surface area contributed by atoms with Crippen LogP contribution in [0.25, 0.3) is 0 Å². The third-order valence-corrected chi connectivity index (χ3v) is 4.12. The van der Waals surface area contributed by atoms with Gasteiger partial charge in [0.2, 0.25) is 0 Å². The first-order valence-corrected chi connectivity index (χ1v) is 6.55. The van der Waals surface area contributed by atoms with E-state index in [2.05, 4.69) is 0 Å². The van der Waals surface area contributed by atoms with Crippen LogP contribution in [0.4, 0.5) is 0 Å². The molecule has 16 heavy (non-hydrogen) atoms. The maximum absolute atomic E-state index is 10.6. The van der Waals surface area contributed by atoms with Gasteiger partial charge in [0.25, 0.3) is 0 Å². The number of hydrogen-bond acceptors (Lipinski definition) is 3. The second-order valence-electron chi connectivity index (χ2n) is 5.44. The Hall–Kier alpha value is -0.120. The molecule has 2 unspecified atom stereocenters. The molecule has 1 saturated carbocycles. The molecule has 1 saturated heterocycles. The van der Waals surface area contributed by atoms with E-state index in [0.717, 1.165) is 58.2 Å². The van der Waals surface area contributed by atoms with Crippen LogP contribution in [0.5, 0.6) is 0 Å². The summed E-state index contributed by atoms with van der Waals surface area (Å²) >= 11 is 0. The molecule has 1 aliphatic heterocycles. The highest BCUT2D eigenvalue weighted by Crippen LogP contribution is 2.36. The Kier molecular flexibility index (Phi) is 4.22. The van der Waals surface area contributed by atoms with E-state index >= 15 is 0 Å². The van der Waals surface area contributed by atoms with Gasteiger partial charge >= 0.3 is 0 Å². The Bertz CT molecular complexity index is 213. The van der Waals surface area contributed by atoms with Gasteiger partial charge in [0, 0.05) is 26.7 Å². The molecule has 2 fully saturated rings. The summed E-state index contributed by atoms with van der Waals surface area (Å²) in [7, 11) is 1.75. The van der Waals surface area contributed by atoms with E-state index in [1.54, 1.807) is 7.11 Å². The zero-order valence-electron chi connectivity index (χ0n) is 10.3. The predicted molar refractivity (Wildman–Crippen MR) is 62.4 cm³/mol. The highest BCUT2D eigenvalue weighted by atomic mass is 16.5. The monoisotopic (exact) mass is 228 g/mol. The molecule has 0 aromatic rings. The van der Waals surface area contributed by atoms with Crippen molar-refractivity contribution in [2.45, 2.75) is 56.7 Å². The molecule has 2 atom stereocenters.